The summed E-state index contributed by atoms with van der Waals surface area (Å²) >= 11 is 0. The highest BCUT2D eigenvalue weighted by molar-refractivity contribution is 7.46. The number of phosphoric ester groups is 1. The van der Waals surface area contributed by atoms with Gasteiger partial charge in [0.15, 0.2) is 18.4 Å². The smallest absolute Gasteiger partial charge is 0.303 e. The van der Waals surface area contributed by atoms with E-state index in [1.54, 1.807) is 0 Å². The first-order valence-electron chi connectivity index (χ1n) is 12.3. The number of aromatic nitrogens is 1. The Morgan fingerprint density at radius 3 is 1.87 bits per heavy atom. The summed E-state index contributed by atoms with van der Waals surface area (Å²) in [6.07, 6.45) is 27.3. The van der Waals surface area contributed by atoms with Crippen LogP contribution in [0.1, 0.15) is 109 Å². The van der Waals surface area contributed by atoms with Crippen molar-refractivity contribution >= 4 is 7.82 Å². The van der Waals surface area contributed by atoms with Crippen LogP contribution in [0, 0.1) is 0 Å². The first-order chi connectivity index (χ1) is 15.0. The molecule has 0 spiro atoms. The molecule has 0 aromatic carbocycles. The molecule has 5 nitrogen and oxygen atoms in total. The molecule has 1 rings (SSSR count). The second-order valence-electron chi connectivity index (χ2n) is 8.49. The van der Waals surface area contributed by atoms with Crippen LogP contribution >= 0.6 is 7.82 Å². The first kappa shape index (κ1) is 28.0. The van der Waals surface area contributed by atoms with Crippen molar-refractivity contribution in [1.82, 2.24) is 0 Å². The SMILES string of the molecule is CCCCCCCCC=CCCCCCCCCC(COP(=O)(O)O)[n+]1ccccc1. The molecule has 0 saturated carbocycles. The summed E-state index contributed by atoms with van der Waals surface area (Å²) in [6.45, 7) is 2.29. The van der Waals surface area contributed by atoms with E-state index in [0.717, 1.165) is 19.3 Å². The quantitative estimate of drug-likeness (QED) is 0.0958. The highest BCUT2D eigenvalue weighted by Gasteiger charge is 2.23. The lowest BCUT2D eigenvalue weighted by Crippen LogP contribution is -2.41. The van der Waals surface area contributed by atoms with Gasteiger partial charge in [-0.3, -0.25) is 4.52 Å². The van der Waals surface area contributed by atoms with Crippen LogP contribution < -0.4 is 4.57 Å². The third-order valence-electron chi connectivity index (χ3n) is 5.64. The maximum atomic E-state index is 11.0. The number of rotatable bonds is 20. The lowest BCUT2D eigenvalue weighted by molar-refractivity contribution is -0.724. The van der Waals surface area contributed by atoms with Crippen molar-refractivity contribution in [2.24, 2.45) is 0 Å². The number of hydrogen-bond donors (Lipinski definition) is 2. The van der Waals surface area contributed by atoms with Crippen LogP contribution in [-0.4, -0.2) is 16.4 Å². The van der Waals surface area contributed by atoms with Gasteiger partial charge in [0.2, 0.25) is 0 Å². The Morgan fingerprint density at radius 2 is 1.32 bits per heavy atom. The van der Waals surface area contributed by atoms with E-state index < -0.39 is 7.82 Å². The number of allylic oxidation sites excluding steroid dienone is 2. The van der Waals surface area contributed by atoms with Crippen molar-refractivity contribution in [2.45, 2.75) is 109 Å². The fourth-order valence-corrected chi connectivity index (χ4v) is 4.15. The van der Waals surface area contributed by atoms with Crippen LogP contribution in [0.4, 0.5) is 0 Å². The lowest BCUT2D eigenvalue weighted by atomic mass is 10.0. The van der Waals surface area contributed by atoms with Crippen molar-refractivity contribution in [3.05, 3.63) is 42.7 Å². The summed E-state index contributed by atoms with van der Waals surface area (Å²) in [5.74, 6) is 0. The maximum absolute atomic E-state index is 11.0. The molecule has 0 bridgehead atoms. The molecule has 178 valence electrons. The summed E-state index contributed by atoms with van der Waals surface area (Å²) in [5.41, 5.74) is 0. The van der Waals surface area contributed by atoms with E-state index in [0.29, 0.717) is 0 Å². The molecular formula is C25H45NO4P+. The van der Waals surface area contributed by atoms with Crippen LogP contribution in [0.3, 0.4) is 0 Å². The summed E-state index contributed by atoms with van der Waals surface area (Å²) in [5, 5.41) is 0. The van der Waals surface area contributed by atoms with Gasteiger partial charge in [-0.1, -0.05) is 82.9 Å². The Hall–Kier alpha value is -1.00. The predicted molar refractivity (Wildman–Crippen MR) is 128 cm³/mol. The third kappa shape index (κ3) is 17.3. The van der Waals surface area contributed by atoms with E-state index in [9.17, 15) is 4.57 Å². The summed E-state index contributed by atoms with van der Waals surface area (Å²) in [6, 6.07) is 5.73. The van der Waals surface area contributed by atoms with Crippen molar-refractivity contribution < 1.29 is 23.4 Å². The molecule has 1 heterocycles. The van der Waals surface area contributed by atoms with Crippen LogP contribution in [0.5, 0.6) is 0 Å². The van der Waals surface area contributed by atoms with Crippen LogP contribution in [0.25, 0.3) is 0 Å². The molecular weight excluding hydrogens is 409 g/mol. The predicted octanol–water partition coefficient (Wildman–Crippen LogP) is 7.05. The molecule has 0 amide bonds. The summed E-state index contributed by atoms with van der Waals surface area (Å²) in [7, 11) is -4.43. The van der Waals surface area contributed by atoms with Crippen molar-refractivity contribution in [2.75, 3.05) is 6.61 Å². The van der Waals surface area contributed by atoms with Gasteiger partial charge in [0.1, 0.15) is 6.61 Å². The zero-order chi connectivity index (χ0) is 22.6. The Balaban J connectivity index is 2.04. The zero-order valence-corrected chi connectivity index (χ0v) is 20.4. The Kier molecular flexibility index (Phi) is 16.8. The highest BCUT2D eigenvalue weighted by Crippen LogP contribution is 2.36. The van der Waals surface area contributed by atoms with E-state index >= 15 is 0 Å². The molecule has 1 atom stereocenters. The fourth-order valence-electron chi connectivity index (χ4n) is 3.78. The Bertz CT molecular complexity index is 603. The molecule has 0 aliphatic rings. The van der Waals surface area contributed by atoms with Crippen molar-refractivity contribution in [3.8, 4) is 0 Å². The number of pyridine rings is 1. The standard InChI is InChI=1S/C25H44NO4P/c1-2-3-4-5-6-7-8-9-10-11-12-13-14-15-16-18-21-25(24-30-31(27,28)29)26-22-19-17-20-23-26/h9-10,17,19-20,22-23,25H,2-8,11-16,18,21,24H2,1H3,(H-,27,28,29)/p+1. The van der Waals surface area contributed by atoms with Crippen molar-refractivity contribution in [1.29, 1.82) is 0 Å². The molecule has 0 saturated heterocycles. The number of nitrogens with zero attached hydrogens (tertiary/aromatic N) is 1. The summed E-state index contributed by atoms with van der Waals surface area (Å²) in [4.78, 5) is 18.0. The largest absolute Gasteiger partial charge is 0.469 e. The Labute approximate surface area is 190 Å². The number of phosphoric acid groups is 1. The number of hydrogen-bond acceptors (Lipinski definition) is 2. The average molecular weight is 455 g/mol. The van der Waals surface area contributed by atoms with E-state index in [2.05, 4.69) is 19.1 Å². The number of unbranched alkanes of at least 4 members (excludes halogenated alkanes) is 12. The van der Waals surface area contributed by atoms with Gasteiger partial charge in [0, 0.05) is 18.6 Å². The highest BCUT2D eigenvalue weighted by atomic mass is 31.2. The van der Waals surface area contributed by atoms with Gasteiger partial charge in [-0.05, 0) is 32.1 Å². The molecule has 0 fully saturated rings. The lowest BCUT2D eigenvalue weighted by Gasteiger charge is -2.13. The molecule has 0 aliphatic heterocycles. The Morgan fingerprint density at radius 1 is 0.806 bits per heavy atom. The van der Waals surface area contributed by atoms with Gasteiger partial charge in [0.25, 0.3) is 0 Å². The second-order valence-corrected chi connectivity index (χ2v) is 9.73. The molecule has 31 heavy (non-hydrogen) atoms. The van der Waals surface area contributed by atoms with Crippen molar-refractivity contribution in [3.63, 3.8) is 0 Å². The van der Waals surface area contributed by atoms with E-state index in [4.69, 9.17) is 14.3 Å². The molecule has 0 aliphatic carbocycles. The monoisotopic (exact) mass is 454 g/mol. The van der Waals surface area contributed by atoms with Gasteiger partial charge < -0.3 is 9.79 Å². The molecule has 1 aromatic rings. The van der Waals surface area contributed by atoms with E-state index in [1.165, 1.54) is 77.0 Å². The van der Waals surface area contributed by atoms with Gasteiger partial charge in [0.05, 0.1) is 0 Å². The zero-order valence-electron chi connectivity index (χ0n) is 19.5. The van der Waals surface area contributed by atoms with Crippen LogP contribution in [0.15, 0.2) is 42.7 Å². The van der Waals surface area contributed by atoms with E-state index in [1.807, 2.05) is 35.2 Å². The minimum atomic E-state index is -4.43. The average Bonchev–Trinajstić information content (AvgIpc) is 2.75. The fraction of sp³-hybridized carbons (Fsp3) is 0.720. The van der Waals surface area contributed by atoms with Gasteiger partial charge in [-0.15, -0.1) is 0 Å². The minimum absolute atomic E-state index is 0.0318. The minimum Gasteiger partial charge on any atom is -0.303 e. The molecule has 2 N–H and O–H groups in total. The molecule has 1 unspecified atom stereocenters. The topological polar surface area (TPSA) is 70.6 Å². The van der Waals surface area contributed by atoms with Crippen LogP contribution in [-0.2, 0) is 9.09 Å². The first-order valence-corrected chi connectivity index (χ1v) is 13.9. The maximum Gasteiger partial charge on any atom is 0.469 e. The van der Waals surface area contributed by atoms with Gasteiger partial charge in [-0.25, -0.2) is 9.13 Å². The second kappa shape index (κ2) is 18.6. The van der Waals surface area contributed by atoms with Crippen LogP contribution in [0.2, 0.25) is 0 Å². The third-order valence-corrected chi connectivity index (χ3v) is 6.13. The van der Waals surface area contributed by atoms with Gasteiger partial charge in [-0.2, -0.15) is 0 Å². The molecule has 0 radical (unpaired) electrons. The van der Waals surface area contributed by atoms with E-state index in [-0.39, 0.29) is 12.6 Å². The molecule has 1 aromatic heterocycles. The molecule has 6 heteroatoms. The normalized spacial score (nSPS) is 13.1. The van der Waals surface area contributed by atoms with Gasteiger partial charge >= 0.3 is 7.82 Å². The summed E-state index contributed by atoms with van der Waals surface area (Å²) < 4.78 is 17.8.